The summed E-state index contributed by atoms with van der Waals surface area (Å²) in [4.78, 5) is 34.0. The van der Waals surface area contributed by atoms with Gasteiger partial charge in [-0.05, 0) is 26.2 Å². The van der Waals surface area contributed by atoms with Gasteiger partial charge in [0.15, 0.2) is 0 Å². The van der Waals surface area contributed by atoms with Crippen LogP contribution in [0.25, 0.3) is 0 Å². The molecule has 0 aromatic carbocycles. The zero-order valence-electron chi connectivity index (χ0n) is 13.5. The van der Waals surface area contributed by atoms with E-state index in [2.05, 4.69) is 31.7 Å². The predicted octanol–water partition coefficient (Wildman–Crippen LogP) is -1.59. The molecule has 0 aromatic rings. The van der Waals surface area contributed by atoms with E-state index in [0.29, 0.717) is 25.8 Å². The SMILES string of the molecule is C[C@@H](O)[C@H](NC[C@@](C=O)(CCCCNC(=O)CNS)NI)C(N)=O. The van der Waals surface area contributed by atoms with Gasteiger partial charge in [-0.25, -0.2) is 3.53 Å². The molecule has 0 heterocycles. The van der Waals surface area contributed by atoms with Gasteiger partial charge in [0.1, 0.15) is 12.3 Å². The summed E-state index contributed by atoms with van der Waals surface area (Å²) in [6.45, 7) is 2.22. The van der Waals surface area contributed by atoms with Gasteiger partial charge in [-0.15, -0.1) is 0 Å². The van der Waals surface area contributed by atoms with Crippen LogP contribution in [-0.4, -0.2) is 60.5 Å². The van der Waals surface area contributed by atoms with Crippen LogP contribution in [0.2, 0.25) is 0 Å². The van der Waals surface area contributed by atoms with Gasteiger partial charge < -0.3 is 26.3 Å². The highest BCUT2D eigenvalue weighted by Gasteiger charge is 2.31. The molecule has 0 fully saturated rings. The number of nitrogens with one attached hydrogen (secondary N) is 4. The molecule has 0 unspecified atom stereocenters. The van der Waals surface area contributed by atoms with Crippen molar-refractivity contribution in [2.75, 3.05) is 19.6 Å². The minimum Gasteiger partial charge on any atom is -0.391 e. The first-order chi connectivity index (χ1) is 11.3. The Morgan fingerprint density at radius 1 is 1.42 bits per heavy atom. The molecule has 0 radical (unpaired) electrons. The second-order valence-corrected chi connectivity index (χ2v) is 6.37. The number of hydrogen-bond donors (Lipinski definition) is 7. The van der Waals surface area contributed by atoms with Crippen LogP contribution in [0.3, 0.4) is 0 Å². The molecule has 24 heavy (non-hydrogen) atoms. The molecule has 0 aromatic heterocycles. The second-order valence-electron chi connectivity index (χ2n) is 5.51. The van der Waals surface area contributed by atoms with E-state index >= 15 is 0 Å². The van der Waals surface area contributed by atoms with Gasteiger partial charge in [-0.1, -0.05) is 12.8 Å². The van der Waals surface area contributed by atoms with E-state index in [1.165, 1.54) is 6.92 Å². The smallest absolute Gasteiger partial charge is 0.237 e. The Labute approximate surface area is 161 Å². The molecule has 3 atom stereocenters. The van der Waals surface area contributed by atoms with Crippen molar-refractivity contribution in [3.63, 3.8) is 0 Å². The molecule has 0 aliphatic rings. The number of aldehydes is 1. The highest BCUT2D eigenvalue weighted by atomic mass is 127. The molecular weight excluding hydrogens is 449 g/mol. The van der Waals surface area contributed by atoms with Crippen LogP contribution < -0.4 is 24.6 Å². The van der Waals surface area contributed by atoms with Crippen molar-refractivity contribution < 1.29 is 19.5 Å². The summed E-state index contributed by atoms with van der Waals surface area (Å²) >= 11 is 5.62. The van der Waals surface area contributed by atoms with E-state index in [0.717, 1.165) is 6.29 Å². The highest BCUT2D eigenvalue weighted by Crippen LogP contribution is 2.14. The van der Waals surface area contributed by atoms with E-state index in [4.69, 9.17) is 5.73 Å². The second kappa shape index (κ2) is 12.8. The van der Waals surface area contributed by atoms with Gasteiger partial charge >= 0.3 is 0 Å². The molecule has 0 saturated heterocycles. The Hall–Kier alpha value is -0.470. The van der Waals surface area contributed by atoms with Crippen LogP contribution in [0.15, 0.2) is 0 Å². The molecule has 7 N–H and O–H groups in total. The fourth-order valence-corrected chi connectivity index (χ4v) is 2.75. The third-order valence-electron chi connectivity index (χ3n) is 3.45. The van der Waals surface area contributed by atoms with E-state index in [1.54, 1.807) is 0 Å². The molecular formula is C13H26IN5O4S. The summed E-state index contributed by atoms with van der Waals surface area (Å²) in [6, 6.07) is -0.929. The van der Waals surface area contributed by atoms with Crippen LogP contribution in [0, 0.1) is 0 Å². The predicted molar refractivity (Wildman–Crippen MR) is 102 cm³/mol. The van der Waals surface area contributed by atoms with E-state index in [1.807, 2.05) is 22.9 Å². The zero-order chi connectivity index (χ0) is 18.6. The van der Waals surface area contributed by atoms with Gasteiger partial charge in [-0.2, -0.15) is 0 Å². The number of rotatable bonds is 14. The first-order valence-corrected chi connectivity index (χ1v) is 9.03. The lowest BCUT2D eigenvalue weighted by atomic mass is 9.94. The quantitative estimate of drug-likeness (QED) is 0.0527. The largest absolute Gasteiger partial charge is 0.391 e. The average Bonchev–Trinajstić information content (AvgIpc) is 2.52. The molecule has 11 heteroatoms. The Kier molecular flexibility index (Phi) is 12.6. The first kappa shape index (κ1) is 23.5. The Bertz CT molecular complexity index is 416. The van der Waals surface area contributed by atoms with Crippen LogP contribution in [0.4, 0.5) is 0 Å². The highest BCUT2D eigenvalue weighted by molar-refractivity contribution is 14.1. The number of carbonyl (C=O) groups is 3. The number of primary amides is 1. The molecule has 0 aliphatic carbocycles. The summed E-state index contributed by atoms with van der Waals surface area (Å²) < 4.78 is 5.37. The fourth-order valence-electron chi connectivity index (χ4n) is 2.02. The first-order valence-electron chi connectivity index (χ1n) is 7.50. The number of hydrogen-bond acceptors (Lipinski definition) is 8. The maximum atomic E-state index is 11.5. The standard InChI is InChI=1S/C13H26IN5O4S/c1-9(21)11(12(15)23)17-7-13(8-20,19-14)4-2-3-5-16-10(22)6-18-24/h8-9,11,17-19,21,24H,2-7H2,1H3,(H2,15,23)(H,16,22)/t9-,11+,13-/m1/s1. The number of unbranched alkanes of at least 4 members (excludes halogenated alkanes) is 1. The van der Waals surface area contributed by atoms with E-state index in [9.17, 15) is 19.5 Å². The summed E-state index contributed by atoms with van der Waals surface area (Å²) in [6.07, 6.45) is 1.69. The topological polar surface area (TPSA) is 146 Å². The third-order valence-corrected chi connectivity index (χ3v) is 4.68. The Balaban J connectivity index is 4.37. The molecule has 0 bridgehead atoms. The maximum Gasteiger partial charge on any atom is 0.237 e. The van der Waals surface area contributed by atoms with E-state index < -0.39 is 23.6 Å². The molecule has 0 saturated carbocycles. The minimum atomic E-state index is -0.961. The number of aliphatic hydroxyl groups excluding tert-OH is 1. The van der Waals surface area contributed by atoms with Crippen molar-refractivity contribution in [3.8, 4) is 0 Å². The van der Waals surface area contributed by atoms with E-state index in [-0.39, 0.29) is 19.0 Å². The summed E-state index contributed by atoms with van der Waals surface area (Å²) in [5, 5.41) is 15.1. The van der Waals surface area contributed by atoms with Crippen molar-refractivity contribution >= 4 is 53.8 Å². The molecule has 0 spiro atoms. The van der Waals surface area contributed by atoms with Gasteiger partial charge in [0, 0.05) is 36.0 Å². The number of carbonyl (C=O) groups excluding carboxylic acids is 3. The lowest BCUT2D eigenvalue weighted by Crippen LogP contribution is -2.57. The molecule has 9 nitrogen and oxygen atoms in total. The van der Waals surface area contributed by atoms with Crippen molar-refractivity contribution in [1.82, 2.24) is 18.9 Å². The van der Waals surface area contributed by atoms with Crippen LogP contribution in [0.5, 0.6) is 0 Å². The maximum absolute atomic E-state index is 11.5. The van der Waals surface area contributed by atoms with Crippen LogP contribution >= 0.6 is 35.7 Å². The number of amides is 2. The zero-order valence-corrected chi connectivity index (χ0v) is 16.6. The van der Waals surface area contributed by atoms with Crippen molar-refractivity contribution in [2.24, 2.45) is 5.73 Å². The van der Waals surface area contributed by atoms with Crippen LogP contribution in [0.1, 0.15) is 26.2 Å². The van der Waals surface area contributed by atoms with Gasteiger partial charge in [0.25, 0.3) is 0 Å². The minimum absolute atomic E-state index is 0.133. The number of thiol groups is 1. The summed E-state index contributed by atoms with van der Waals surface area (Å²) in [7, 11) is 0. The van der Waals surface area contributed by atoms with Crippen molar-refractivity contribution in [1.29, 1.82) is 0 Å². The average molecular weight is 475 g/mol. The molecule has 140 valence electrons. The number of nitrogens with two attached hydrogens (primary N) is 1. The van der Waals surface area contributed by atoms with Gasteiger partial charge in [0.05, 0.1) is 18.2 Å². The Morgan fingerprint density at radius 2 is 2.08 bits per heavy atom. The summed E-state index contributed by atoms with van der Waals surface area (Å²) in [5.41, 5.74) is 4.33. The van der Waals surface area contributed by atoms with Gasteiger partial charge in [-0.3, -0.25) is 14.3 Å². The third kappa shape index (κ3) is 9.13. The number of halogens is 1. The molecule has 0 rings (SSSR count). The Morgan fingerprint density at radius 3 is 2.54 bits per heavy atom. The monoisotopic (exact) mass is 475 g/mol. The lowest BCUT2D eigenvalue weighted by molar-refractivity contribution is -0.123. The van der Waals surface area contributed by atoms with Crippen LogP contribution in [-0.2, 0) is 14.4 Å². The molecule has 0 aliphatic heterocycles. The fraction of sp³-hybridized carbons (Fsp3) is 0.769. The normalized spacial score (nSPS) is 16.0. The number of aliphatic hydroxyl groups is 1. The van der Waals surface area contributed by atoms with Crippen molar-refractivity contribution in [3.05, 3.63) is 0 Å². The lowest BCUT2D eigenvalue weighted by Gasteiger charge is -2.29. The summed E-state index contributed by atoms with van der Waals surface area (Å²) in [5.74, 6) is -0.833. The molecule has 2 amide bonds. The van der Waals surface area contributed by atoms with Gasteiger partial charge in [0.2, 0.25) is 11.8 Å². The van der Waals surface area contributed by atoms with Crippen molar-refractivity contribution in [2.45, 2.75) is 43.9 Å².